The highest BCUT2D eigenvalue weighted by Gasteiger charge is 2.30. The largest absolute Gasteiger partial charge is 0.298 e. The van der Waals surface area contributed by atoms with E-state index in [4.69, 9.17) is 0 Å². The van der Waals surface area contributed by atoms with Crippen LogP contribution < -0.4 is 0 Å². The fourth-order valence-electron chi connectivity index (χ4n) is 2.74. The number of benzene rings is 1. The number of halogens is 1. The molecule has 0 amide bonds. The molecule has 0 heterocycles. The minimum Gasteiger partial charge on any atom is -0.298 e. The van der Waals surface area contributed by atoms with Gasteiger partial charge in [0.1, 0.15) is 5.92 Å². The zero-order valence-electron chi connectivity index (χ0n) is 11.1. The van der Waals surface area contributed by atoms with Crippen LogP contribution in [0.4, 0.5) is 0 Å². The second-order valence-corrected chi connectivity index (χ2v) is 6.39. The molecule has 0 N–H and O–H groups in total. The molecule has 1 aliphatic rings. The molecule has 2 nitrogen and oxygen atoms in total. The predicted molar refractivity (Wildman–Crippen MR) is 78.6 cm³/mol. The Hall–Kier alpha value is -1.14. The van der Waals surface area contributed by atoms with Gasteiger partial charge in [-0.25, -0.2) is 0 Å². The number of ketones is 1. The van der Waals surface area contributed by atoms with Gasteiger partial charge in [0.05, 0.1) is 6.07 Å². The Morgan fingerprint density at radius 3 is 2.37 bits per heavy atom. The summed E-state index contributed by atoms with van der Waals surface area (Å²) in [6.45, 7) is 2.23. The van der Waals surface area contributed by atoms with Crippen molar-refractivity contribution in [1.29, 1.82) is 5.26 Å². The van der Waals surface area contributed by atoms with Gasteiger partial charge in [-0.3, -0.25) is 4.79 Å². The van der Waals surface area contributed by atoms with Gasteiger partial charge in [0.25, 0.3) is 0 Å². The van der Waals surface area contributed by atoms with E-state index < -0.39 is 5.92 Å². The number of nitriles is 1. The Morgan fingerprint density at radius 1 is 1.26 bits per heavy atom. The molecule has 1 aromatic rings. The molecule has 0 bridgehead atoms. The van der Waals surface area contributed by atoms with Gasteiger partial charge in [0.15, 0.2) is 5.78 Å². The van der Waals surface area contributed by atoms with Crippen molar-refractivity contribution in [3.8, 4) is 6.07 Å². The van der Waals surface area contributed by atoms with Crippen LogP contribution in [0.3, 0.4) is 0 Å². The molecule has 0 aromatic heterocycles. The highest BCUT2D eigenvalue weighted by atomic mass is 79.9. The Morgan fingerprint density at radius 2 is 1.84 bits per heavy atom. The molecule has 19 heavy (non-hydrogen) atoms. The lowest BCUT2D eigenvalue weighted by Gasteiger charge is -2.26. The molecule has 1 aromatic carbocycles. The summed E-state index contributed by atoms with van der Waals surface area (Å²) < 4.78 is 0.965. The van der Waals surface area contributed by atoms with Crippen LogP contribution in [-0.2, 0) is 4.79 Å². The van der Waals surface area contributed by atoms with Gasteiger partial charge in [0.2, 0.25) is 0 Å². The summed E-state index contributed by atoms with van der Waals surface area (Å²) in [6, 6.07) is 9.68. The summed E-state index contributed by atoms with van der Waals surface area (Å²) in [6.07, 6.45) is 4.09. The van der Waals surface area contributed by atoms with Crippen molar-refractivity contribution in [2.45, 2.75) is 38.5 Å². The second-order valence-electron chi connectivity index (χ2n) is 5.47. The number of hydrogen-bond donors (Lipinski definition) is 0. The summed E-state index contributed by atoms with van der Waals surface area (Å²) in [5.41, 5.74) is 0.814. The maximum atomic E-state index is 12.5. The summed E-state index contributed by atoms with van der Waals surface area (Å²) in [5.74, 6) is 0.296. The Bertz CT molecular complexity index is 480. The number of nitrogens with zero attached hydrogens (tertiary/aromatic N) is 1. The number of carbonyl (C=O) groups excluding carboxylic acids is 1. The monoisotopic (exact) mass is 319 g/mol. The van der Waals surface area contributed by atoms with E-state index in [1.54, 1.807) is 0 Å². The van der Waals surface area contributed by atoms with E-state index in [2.05, 4.69) is 28.9 Å². The minimum absolute atomic E-state index is 0.0736. The predicted octanol–water partition coefficient (Wildman–Crippen LogP) is 4.45. The first kappa shape index (κ1) is 14.3. The van der Waals surface area contributed by atoms with E-state index in [9.17, 15) is 10.1 Å². The highest BCUT2D eigenvalue weighted by molar-refractivity contribution is 9.10. The Labute approximate surface area is 122 Å². The lowest BCUT2D eigenvalue weighted by atomic mass is 9.77. The molecule has 2 rings (SSSR count). The summed E-state index contributed by atoms with van der Waals surface area (Å²) >= 11 is 3.37. The Balaban J connectivity index is 2.11. The van der Waals surface area contributed by atoms with Crippen LogP contribution in [0.15, 0.2) is 28.7 Å². The molecule has 1 saturated carbocycles. The van der Waals surface area contributed by atoms with Crippen molar-refractivity contribution in [1.82, 2.24) is 0 Å². The van der Waals surface area contributed by atoms with Crippen LogP contribution in [0.5, 0.6) is 0 Å². The van der Waals surface area contributed by atoms with Crippen LogP contribution in [0, 0.1) is 23.2 Å². The van der Waals surface area contributed by atoms with Gasteiger partial charge in [-0.15, -0.1) is 0 Å². The minimum atomic E-state index is -0.605. The number of rotatable bonds is 3. The third kappa shape index (κ3) is 3.45. The van der Waals surface area contributed by atoms with Gasteiger partial charge in [-0.2, -0.15) is 5.26 Å². The quantitative estimate of drug-likeness (QED) is 0.825. The molecule has 1 unspecified atom stereocenters. The summed E-state index contributed by atoms with van der Waals surface area (Å²) in [4.78, 5) is 12.5. The lowest BCUT2D eigenvalue weighted by Crippen LogP contribution is -2.25. The third-order valence-corrected chi connectivity index (χ3v) is 4.56. The highest BCUT2D eigenvalue weighted by Crippen LogP contribution is 2.33. The second kappa shape index (κ2) is 6.34. The molecule has 1 fully saturated rings. The van der Waals surface area contributed by atoms with Gasteiger partial charge < -0.3 is 0 Å². The molecule has 0 saturated heterocycles. The smallest absolute Gasteiger partial charge is 0.157 e. The van der Waals surface area contributed by atoms with Gasteiger partial charge in [-0.1, -0.05) is 47.8 Å². The maximum absolute atomic E-state index is 12.5. The molecule has 0 radical (unpaired) electrons. The van der Waals surface area contributed by atoms with Crippen molar-refractivity contribution in [2.75, 3.05) is 0 Å². The van der Waals surface area contributed by atoms with E-state index in [1.807, 2.05) is 24.3 Å². The van der Waals surface area contributed by atoms with Crippen molar-refractivity contribution in [3.05, 3.63) is 34.3 Å². The molecular formula is C16H18BrNO. The van der Waals surface area contributed by atoms with E-state index in [1.165, 1.54) is 0 Å². The molecule has 100 valence electrons. The average molecular weight is 320 g/mol. The summed E-state index contributed by atoms with van der Waals surface area (Å²) in [7, 11) is 0. The van der Waals surface area contributed by atoms with Crippen molar-refractivity contribution < 1.29 is 4.79 Å². The number of carbonyl (C=O) groups is 1. The first-order valence-electron chi connectivity index (χ1n) is 6.80. The molecule has 1 atom stereocenters. The van der Waals surface area contributed by atoms with Crippen LogP contribution >= 0.6 is 15.9 Å². The number of hydrogen-bond acceptors (Lipinski definition) is 2. The Kier molecular flexibility index (Phi) is 4.76. The third-order valence-electron chi connectivity index (χ3n) is 4.04. The van der Waals surface area contributed by atoms with Gasteiger partial charge in [0, 0.05) is 10.4 Å². The lowest BCUT2D eigenvalue weighted by molar-refractivity contribution is -0.124. The topological polar surface area (TPSA) is 40.9 Å². The fraction of sp³-hybridized carbons (Fsp3) is 0.500. The van der Waals surface area contributed by atoms with Gasteiger partial charge >= 0.3 is 0 Å². The van der Waals surface area contributed by atoms with E-state index in [0.29, 0.717) is 0 Å². The molecular weight excluding hydrogens is 302 g/mol. The zero-order valence-corrected chi connectivity index (χ0v) is 12.7. The fourth-order valence-corrected chi connectivity index (χ4v) is 3.00. The average Bonchev–Trinajstić information content (AvgIpc) is 2.42. The first-order chi connectivity index (χ1) is 9.11. The first-order valence-corrected chi connectivity index (χ1v) is 7.60. The normalized spacial score (nSPS) is 24.5. The standard InChI is InChI=1S/C16H18BrNO/c1-11-2-4-13(5-3-11)16(19)15(10-18)12-6-8-14(17)9-7-12/h6-9,11,13,15H,2-5H2,1H3. The van der Waals surface area contributed by atoms with Crippen LogP contribution in [-0.4, -0.2) is 5.78 Å². The maximum Gasteiger partial charge on any atom is 0.157 e. The molecule has 3 heteroatoms. The van der Waals surface area contributed by atoms with Crippen LogP contribution in [0.2, 0.25) is 0 Å². The number of Topliss-reactive ketones (excluding diaryl/α,β-unsaturated/α-hetero) is 1. The van der Waals surface area contributed by atoms with Gasteiger partial charge in [-0.05, 0) is 36.5 Å². The molecule has 0 spiro atoms. The summed E-state index contributed by atoms with van der Waals surface area (Å²) in [5, 5.41) is 9.32. The van der Waals surface area contributed by atoms with Crippen LogP contribution in [0.1, 0.15) is 44.1 Å². The van der Waals surface area contributed by atoms with Crippen molar-refractivity contribution >= 4 is 21.7 Å². The SMILES string of the molecule is CC1CCC(C(=O)C(C#N)c2ccc(Br)cc2)CC1. The molecule has 1 aliphatic carbocycles. The zero-order chi connectivity index (χ0) is 13.8. The van der Waals surface area contributed by atoms with Crippen molar-refractivity contribution in [2.24, 2.45) is 11.8 Å². The van der Waals surface area contributed by atoms with E-state index in [-0.39, 0.29) is 11.7 Å². The molecule has 0 aliphatic heterocycles. The van der Waals surface area contributed by atoms with Crippen LogP contribution in [0.25, 0.3) is 0 Å². The van der Waals surface area contributed by atoms with Crippen molar-refractivity contribution in [3.63, 3.8) is 0 Å². The van der Waals surface area contributed by atoms with E-state index >= 15 is 0 Å². The van der Waals surface area contributed by atoms with E-state index in [0.717, 1.165) is 41.6 Å².